The van der Waals surface area contributed by atoms with Crippen LogP contribution < -0.4 is 0 Å². The molecule has 2 heteroatoms. The summed E-state index contributed by atoms with van der Waals surface area (Å²) in [7, 11) is 4.31. The first kappa shape index (κ1) is 9.01. The zero-order valence-electron chi connectivity index (χ0n) is 7.84. The number of hydrogen-bond donors (Lipinski definition) is 0. The molecule has 11 heavy (non-hydrogen) atoms. The second-order valence-electron chi connectivity index (χ2n) is 3.60. The third kappa shape index (κ3) is 3.21. The maximum atomic E-state index is 5.21. The molecule has 1 heterocycles. The molecule has 1 saturated heterocycles. The van der Waals surface area contributed by atoms with Gasteiger partial charge in [0, 0.05) is 6.04 Å². The van der Waals surface area contributed by atoms with Gasteiger partial charge >= 0.3 is 0 Å². The molecule has 0 aromatic heterocycles. The van der Waals surface area contributed by atoms with E-state index >= 15 is 0 Å². The van der Waals surface area contributed by atoms with Gasteiger partial charge in [-0.05, 0) is 26.9 Å². The zero-order chi connectivity index (χ0) is 8.27. The van der Waals surface area contributed by atoms with Gasteiger partial charge in [-0.15, -0.1) is 0 Å². The van der Waals surface area contributed by atoms with Gasteiger partial charge in [-0.3, -0.25) is 0 Å². The average molecular weight is 157 g/mol. The van der Waals surface area contributed by atoms with E-state index < -0.39 is 0 Å². The lowest BCUT2D eigenvalue weighted by Crippen LogP contribution is -2.29. The van der Waals surface area contributed by atoms with E-state index in [9.17, 15) is 0 Å². The van der Waals surface area contributed by atoms with Crippen molar-refractivity contribution in [2.45, 2.75) is 38.3 Å². The number of epoxide rings is 1. The van der Waals surface area contributed by atoms with Crippen LogP contribution in [0.2, 0.25) is 0 Å². The molecule has 0 N–H and O–H groups in total. The van der Waals surface area contributed by atoms with E-state index in [1.165, 1.54) is 19.3 Å². The minimum absolute atomic E-state index is 0.578. The van der Waals surface area contributed by atoms with Gasteiger partial charge in [0.1, 0.15) is 0 Å². The van der Waals surface area contributed by atoms with E-state index in [1.54, 1.807) is 0 Å². The van der Waals surface area contributed by atoms with Crippen LogP contribution in [-0.4, -0.2) is 37.7 Å². The molecule has 0 aromatic carbocycles. The Balaban J connectivity index is 2.19. The van der Waals surface area contributed by atoms with Gasteiger partial charge in [-0.2, -0.15) is 0 Å². The van der Waals surface area contributed by atoms with Crippen molar-refractivity contribution in [2.24, 2.45) is 0 Å². The number of ether oxygens (including phenoxy) is 1. The predicted molar refractivity (Wildman–Crippen MR) is 46.7 cm³/mol. The lowest BCUT2D eigenvalue weighted by molar-refractivity contribution is 0.239. The van der Waals surface area contributed by atoms with Gasteiger partial charge in [-0.25, -0.2) is 0 Å². The lowest BCUT2D eigenvalue weighted by atomic mass is 10.1. The van der Waals surface area contributed by atoms with Crippen molar-refractivity contribution < 1.29 is 4.74 Å². The summed E-state index contributed by atoms with van der Waals surface area (Å²) in [6.07, 6.45) is 4.37. The Hall–Kier alpha value is -0.0800. The molecule has 0 amide bonds. The van der Waals surface area contributed by atoms with Crippen molar-refractivity contribution >= 4 is 0 Å². The SMILES string of the molecule is CCCC(CC1CO1)N(C)C. The second-order valence-corrected chi connectivity index (χ2v) is 3.60. The topological polar surface area (TPSA) is 15.8 Å². The highest BCUT2D eigenvalue weighted by Crippen LogP contribution is 2.20. The molecule has 0 aliphatic carbocycles. The van der Waals surface area contributed by atoms with Crippen LogP contribution in [0.4, 0.5) is 0 Å². The highest BCUT2D eigenvalue weighted by atomic mass is 16.6. The van der Waals surface area contributed by atoms with Crippen LogP contribution in [0.25, 0.3) is 0 Å². The molecular weight excluding hydrogens is 138 g/mol. The van der Waals surface area contributed by atoms with E-state index in [0.29, 0.717) is 6.10 Å². The minimum atomic E-state index is 0.578. The Morgan fingerprint density at radius 2 is 2.18 bits per heavy atom. The Bertz CT molecular complexity index is 110. The molecule has 2 unspecified atom stereocenters. The summed E-state index contributed by atoms with van der Waals surface area (Å²) in [5.74, 6) is 0. The first-order valence-corrected chi connectivity index (χ1v) is 4.52. The van der Waals surface area contributed by atoms with Crippen LogP contribution in [-0.2, 0) is 4.74 Å². The fourth-order valence-electron chi connectivity index (χ4n) is 1.43. The fourth-order valence-corrected chi connectivity index (χ4v) is 1.43. The summed E-state index contributed by atoms with van der Waals surface area (Å²) in [4.78, 5) is 2.31. The maximum Gasteiger partial charge on any atom is 0.0824 e. The molecule has 1 rings (SSSR count). The fraction of sp³-hybridized carbons (Fsp3) is 1.00. The highest BCUT2D eigenvalue weighted by molar-refractivity contribution is 4.77. The summed E-state index contributed by atoms with van der Waals surface area (Å²) < 4.78 is 5.21. The van der Waals surface area contributed by atoms with Gasteiger partial charge in [0.25, 0.3) is 0 Å². The van der Waals surface area contributed by atoms with E-state index in [4.69, 9.17) is 4.74 Å². The van der Waals surface area contributed by atoms with Crippen LogP contribution in [0.15, 0.2) is 0 Å². The molecule has 2 atom stereocenters. The van der Waals surface area contributed by atoms with Crippen molar-refractivity contribution in [3.8, 4) is 0 Å². The standard InChI is InChI=1S/C9H19NO/c1-4-5-8(10(2)3)6-9-7-11-9/h8-9H,4-7H2,1-3H3. The Morgan fingerprint density at radius 1 is 1.55 bits per heavy atom. The Kier molecular flexibility index (Phi) is 3.34. The molecule has 66 valence electrons. The van der Waals surface area contributed by atoms with Crippen LogP contribution in [0, 0.1) is 0 Å². The summed E-state index contributed by atoms with van der Waals surface area (Å²) in [5.41, 5.74) is 0. The normalized spacial score (nSPS) is 25.6. The van der Waals surface area contributed by atoms with Gasteiger partial charge in [0.2, 0.25) is 0 Å². The maximum absolute atomic E-state index is 5.21. The molecule has 1 fully saturated rings. The largest absolute Gasteiger partial charge is 0.373 e. The van der Waals surface area contributed by atoms with Gasteiger partial charge < -0.3 is 9.64 Å². The highest BCUT2D eigenvalue weighted by Gasteiger charge is 2.26. The van der Waals surface area contributed by atoms with Crippen molar-refractivity contribution in [3.63, 3.8) is 0 Å². The summed E-state index contributed by atoms with van der Waals surface area (Å²) in [6.45, 7) is 3.23. The van der Waals surface area contributed by atoms with Crippen LogP contribution in [0.5, 0.6) is 0 Å². The summed E-state index contributed by atoms with van der Waals surface area (Å²) >= 11 is 0. The third-order valence-corrected chi connectivity index (χ3v) is 2.29. The third-order valence-electron chi connectivity index (χ3n) is 2.29. The van der Waals surface area contributed by atoms with Gasteiger partial charge in [0.05, 0.1) is 12.7 Å². The van der Waals surface area contributed by atoms with Gasteiger partial charge in [-0.1, -0.05) is 13.3 Å². The number of hydrogen-bond acceptors (Lipinski definition) is 2. The Morgan fingerprint density at radius 3 is 2.55 bits per heavy atom. The van der Waals surface area contributed by atoms with Crippen LogP contribution in [0.1, 0.15) is 26.2 Å². The molecule has 0 spiro atoms. The summed E-state index contributed by atoms with van der Waals surface area (Å²) in [5, 5.41) is 0. The first-order valence-electron chi connectivity index (χ1n) is 4.52. The lowest BCUT2D eigenvalue weighted by Gasteiger charge is -2.22. The smallest absolute Gasteiger partial charge is 0.0824 e. The van der Waals surface area contributed by atoms with Crippen molar-refractivity contribution in [1.82, 2.24) is 4.90 Å². The predicted octanol–water partition coefficient (Wildman–Crippen LogP) is 1.51. The second kappa shape index (κ2) is 4.07. The van der Waals surface area contributed by atoms with Crippen LogP contribution in [0.3, 0.4) is 0 Å². The van der Waals surface area contributed by atoms with Crippen molar-refractivity contribution in [2.75, 3.05) is 20.7 Å². The average Bonchev–Trinajstić information content (AvgIpc) is 2.70. The monoisotopic (exact) mass is 157 g/mol. The molecule has 0 bridgehead atoms. The quantitative estimate of drug-likeness (QED) is 0.562. The van der Waals surface area contributed by atoms with E-state index in [0.717, 1.165) is 12.6 Å². The molecule has 1 aliphatic heterocycles. The Labute approximate surface area is 69.5 Å². The van der Waals surface area contributed by atoms with Crippen LogP contribution >= 0.6 is 0 Å². The number of rotatable bonds is 5. The molecule has 0 saturated carbocycles. The van der Waals surface area contributed by atoms with E-state index in [1.807, 2.05) is 0 Å². The van der Waals surface area contributed by atoms with Crippen molar-refractivity contribution in [1.29, 1.82) is 0 Å². The molecular formula is C9H19NO. The molecule has 1 aliphatic rings. The minimum Gasteiger partial charge on any atom is -0.373 e. The van der Waals surface area contributed by atoms with E-state index in [2.05, 4.69) is 25.9 Å². The van der Waals surface area contributed by atoms with E-state index in [-0.39, 0.29) is 0 Å². The van der Waals surface area contributed by atoms with Crippen molar-refractivity contribution in [3.05, 3.63) is 0 Å². The first-order chi connectivity index (χ1) is 5.24. The molecule has 0 radical (unpaired) electrons. The summed E-state index contributed by atoms with van der Waals surface area (Å²) in [6, 6.07) is 0.729. The zero-order valence-corrected chi connectivity index (χ0v) is 7.84. The number of nitrogens with zero attached hydrogens (tertiary/aromatic N) is 1. The molecule has 0 aromatic rings. The van der Waals surface area contributed by atoms with Gasteiger partial charge in [0.15, 0.2) is 0 Å². The molecule has 2 nitrogen and oxygen atoms in total.